The highest BCUT2D eigenvalue weighted by molar-refractivity contribution is 5.92. The standard InChI is InChI=1S/C16H19N3O2/c1-11(18-2)9-12-3-6-14(7-4-12)21-15-8-5-13(10-19-15)16(17)20/h3-8,10-11,18H,9H2,1-2H3,(H2,17,20). The number of amides is 1. The van der Waals surface area contributed by atoms with Crippen molar-refractivity contribution < 1.29 is 9.53 Å². The van der Waals surface area contributed by atoms with Crippen LogP contribution in [0.2, 0.25) is 0 Å². The molecule has 0 radical (unpaired) electrons. The molecule has 5 nitrogen and oxygen atoms in total. The number of aromatic nitrogens is 1. The predicted molar refractivity (Wildman–Crippen MR) is 81.5 cm³/mol. The Morgan fingerprint density at radius 2 is 2.00 bits per heavy atom. The summed E-state index contributed by atoms with van der Waals surface area (Å²) in [5, 5.41) is 3.20. The number of benzene rings is 1. The van der Waals surface area contributed by atoms with E-state index in [1.54, 1.807) is 12.1 Å². The summed E-state index contributed by atoms with van der Waals surface area (Å²) >= 11 is 0. The van der Waals surface area contributed by atoms with Gasteiger partial charge in [0.15, 0.2) is 0 Å². The Hall–Kier alpha value is -2.40. The molecular weight excluding hydrogens is 266 g/mol. The molecule has 110 valence electrons. The molecule has 2 aromatic rings. The summed E-state index contributed by atoms with van der Waals surface area (Å²) in [6.07, 6.45) is 2.36. The number of rotatable bonds is 6. The number of ether oxygens (including phenoxy) is 1. The van der Waals surface area contributed by atoms with Crippen molar-refractivity contribution in [1.29, 1.82) is 0 Å². The van der Waals surface area contributed by atoms with Crippen LogP contribution in [0.15, 0.2) is 42.6 Å². The number of carbonyl (C=O) groups is 1. The molecule has 1 heterocycles. The van der Waals surface area contributed by atoms with Crippen LogP contribution in [0.3, 0.4) is 0 Å². The number of nitrogens with one attached hydrogen (secondary N) is 1. The van der Waals surface area contributed by atoms with Gasteiger partial charge in [0.2, 0.25) is 11.8 Å². The van der Waals surface area contributed by atoms with Crippen molar-refractivity contribution in [3.8, 4) is 11.6 Å². The van der Waals surface area contributed by atoms with Gasteiger partial charge in [-0.1, -0.05) is 12.1 Å². The van der Waals surface area contributed by atoms with E-state index < -0.39 is 5.91 Å². The molecule has 0 saturated carbocycles. The molecule has 0 fully saturated rings. The fraction of sp³-hybridized carbons (Fsp3) is 0.250. The second kappa shape index (κ2) is 6.85. The molecule has 5 heteroatoms. The minimum Gasteiger partial charge on any atom is -0.439 e. The molecule has 1 aromatic heterocycles. The van der Waals surface area contributed by atoms with Crippen molar-refractivity contribution in [3.05, 3.63) is 53.7 Å². The van der Waals surface area contributed by atoms with Crippen LogP contribution in [0.1, 0.15) is 22.8 Å². The third kappa shape index (κ3) is 4.29. The lowest BCUT2D eigenvalue weighted by Crippen LogP contribution is -2.23. The highest BCUT2D eigenvalue weighted by atomic mass is 16.5. The van der Waals surface area contributed by atoms with Crippen molar-refractivity contribution in [1.82, 2.24) is 10.3 Å². The zero-order valence-corrected chi connectivity index (χ0v) is 12.2. The Kier molecular flexibility index (Phi) is 4.90. The van der Waals surface area contributed by atoms with E-state index in [9.17, 15) is 4.79 Å². The topological polar surface area (TPSA) is 77.2 Å². The van der Waals surface area contributed by atoms with Gasteiger partial charge in [0.25, 0.3) is 0 Å². The van der Waals surface area contributed by atoms with Gasteiger partial charge in [0, 0.05) is 18.3 Å². The SMILES string of the molecule is CNC(C)Cc1ccc(Oc2ccc(C(N)=O)cn2)cc1. The van der Waals surface area contributed by atoms with Gasteiger partial charge in [0.05, 0.1) is 5.56 Å². The first-order chi connectivity index (χ1) is 10.1. The maximum atomic E-state index is 11.0. The number of nitrogens with zero attached hydrogens (tertiary/aromatic N) is 1. The Bertz CT molecular complexity index is 594. The summed E-state index contributed by atoms with van der Waals surface area (Å²) in [4.78, 5) is 15.0. The monoisotopic (exact) mass is 285 g/mol. The van der Waals surface area contributed by atoms with Gasteiger partial charge < -0.3 is 15.8 Å². The molecule has 0 spiro atoms. The van der Waals surface area contributed by atoms with Gasteiger partial charge in [-0.3, -0.25) is 4.79 Å². The second-order valence-corrected chi connectivity index (χ2v) is 4.89. The Morgan fingerprint density at radius 3 is 2.52 bits per heavy atom. The van der Waals surface area contributed by atoms with Gasteiger partial charge in [-0.15, -0.1) is 0 Å². The lowest BCUT2D eigenvalue weighted by atomic mass is 10.1. The summed E-state index contributed by atoms with van der Waals surface area (Å²) in [5.41, 5.74) is 6.76. The zero-order chi connectivity index (χ0) is 15.2. The number of primary amides is 1. The van der Waals surface area contributed by atoms with Crippen LogP contribution < -0.4 is 15.8 Å². The summed E-state index contributed by atoms with van der Waals surface area (Å²) in [5.74, 6) is 0.628. The van der Waals surface area contributed by atoms with E-state index in [1.165, 1.54) is 11.8 Å². The minimum absolute atomic E-state index is 0.360. The molecule has 1 atom stereocenters. The minimum atomic E-state index is -0.503. The molecule has 0 aliphatic heterocycles. The quantitative estimate of drug-likeness (QED) is 0.852. The van der Waals surface area contributed by atoms with Crippen LogP contribution in [-0.2, 0) is 6.42 Å². The van der Waals surface area contributed by atoms with E-state index in [0.29, 0.717) is 23.2 Å². The Morgan fingerprint density at radius 1 is 1.29 bits per heavy atom. The number of pyridine rings is 1. The van der Waals surface area contributed by atoms with Crippen LogP contribution in [0, 0.1) is 0 Å². The second-order valence-electron chi connectivity index (χ2n) is 4.89. The first-order valence-electron chi connectivity index (χ1n) is 6.78. The fourth-order valence-electron chi connectivity index (χ4n) is 1.86. The molecule has 0 aliphatic rings. The first-order valence-corrected chi connectivity index (χ1v) is 6.78. The maximum Gasteiger partial charge on any atom is 0.250 e. The fourth-order valence-corrected chi connectivity index (χ4v) is 1.86. The molecule has 1 amide bonds. The lowest BCUT2D eigenvalue weighted by Gasteiger charge is -2.10. The van der Waals surface area contributed by atoms with Crippen LogP contribution >= 0.6 is 0 Å². The average molecular weight is 285 g/mol. The van der Waals surface area contributed by atoms with Crippen LogP contribution in [-0.4, -0.2) is 24.0 Å². The smallest absolute Gasteiger partial charge is 0.250 e. The number of carbonyl (C=O) groups excluding carboxylic acids is 1. The number of hydrogen-bond donors (Lipinski definition) is 2. The third-order valence-electron chi connectivity index (χ3n) is 3.20. The molecule has 1 unspecified atom stereocenters. The number of nitrogens with two attached hydrogens (primary N) is 1. The van der Waals surface area contributed by atoms with Crippen molar-refractivity contribution in [2.45, 2.75) is 19.4 Å². The Balaban J connectivity index is 2.01. The number of likely N-dealkylation sites (N-methyl/N-ethyl adjacent to an activating group) is 1. The predicted octanol–water partition coefficient (Wildman–Crippen LogP) is 2.12. The Labute approximate surface area is 124 Å². The summed E-state index contributed by atoms with van der Waals surface area (Å²) in [7, 11) is 1.95. The molecule has 0 saturated heterocycles. The van der Waals surface area contributed by atoms with Crippen molar-refractivity contribution in [2.75, 3.05) is 7.05 Å². The first kappa shape index (κ1) is 15.0. The van der Waals surface area contributed by atoms with Gasteiger partial charge in [0.1, 0.15) is 5.75 Å². The maximum absolute atomic E-state index is 11.0. The molecule has 2 rings (SSSR count). The van der Waals surface area contributed by atoms with E-state index in [1.807, 2.05) is 31.3 Å². The lowest BCUT2D eigenvalue weighted by molar-refractivity contribution is 0.1000. The van der Waals surface area contributed by atoms with E-state index in [-0.39, 0.29) is 0 Å². The summed E-state index contributed by atoms with van der Waals surface area (Å²) < 4.78 is 5.62. The molecule has 0 aliphatic carbocycles. The van der Waals surface area contributed by atoms with Gasteiger partial charge in [-0.25, -0.2) is 4.98 Å². The number of hydrogen-bond acceptors (Lipinski definition) is 4. The summed E-state index contributed by atoms with van der Waals surface area (Å²) in [6, 6.07) is 11.5. The van der Waals surface area contributed by atoms with Crippen molar-refractivity contribution >= 4 is 5.91 Å². The molecule has 1 aromatic carbocycles. The molecule has 21 heavy (non-hydrogen) atoms. The average Bonchev–Trinajstić information content (AvgIpc) is 2.49. The van der Waals surface area contributed by atoms with E-state index in [4.69, 9.17) is 10.5 Å². The zero-order valence-electron chi connectivity index (χ0n) is 12.2. The van der Waals surface area contributed by atoms with Crippen molar-refractivity contribution in [2.24, 2.45) is 5.73 Å². The third-order valence-corrected chi connectivity index (χ3v) is 3.20. The van der Waals surface area contributed by atoms with E-state index in [2.05, 4.69) is 17.2 Å². The highest BCUT2D eigenvalue weighted by Gasteiger charge is 2.04. The van der Waals surface area contributed by atoms with Crippen LogP contribution in [0.4, 0.5) is 0 Å². The highest BCUT2D eigenvalue weighted by Crippen LogP contribution is 2.20. The van der Waals surface area contributed by atoms with Crippen LogP contribution in [0.5, 0.6) is 11.6 Å². The van der Waals surface area contributed by atoms with Gasteiger partial charge in [-0.2, -0.15) is 0 Å². The molecular formula is C16H19N3O2. The summed E-state index contributed by atoms with van der Waals surface area (Å²) in [6.45, 7) is 2.13. The normalized spacial score (nSPS) is 11.9. The molecule has 0 bridgehead atoms. The van der Waals surface area contributed by atoms with E-state index in [0.717, 1.165) is 6.42 Å². The molecule has 3 N–H and O–H groups in total. The van der Waals surface area contributed by atoms with Crippen molar-refractivity contribution in [3.63, 3.8) is 0 Å². The van der Waals surface area contributed by atoms with Crippen LogP contribution in [0.25, 0.3) is 0 Å². The van der Waals surface area contributed by atoms with Gasteiger partial charge >= 0.3 is 0 Å². The van der Waals surface area contributed by atoms with E-state index >= 15 is 0 Å². The van der Waals surface area contributed by atoms with Gasteiger partial charge in [-0.05, 0) is 44.2 Å². The largest absolute Gasteiger partial charge is 0.439 e.